The van der Waals surface area contributed by atoms with Crippen LogP contribution in [0.3, 0.4) is 0 Å². The number of rotatable bonds is 1. The summed E-state index contributed by atoms with van der Waals surface area (Å²) < 4.78 is 75.0. The van der Waals surface area contributed by atoms with E-state index >= 15 is 0 Å². The smallest absolute Gasteiger partial charge is 0.258 e. The maximum Gasteiger partial charge on any atom is 0.423 e. The number of aryl methyl sites for hydroxylation is 1. The number of nitro groups is 1. The van der Waals surface area contributed by atoms with Gasteiger partial charge in [-0.1, -0.05) is 0 Å². The number of alkyl halides is 6. The highest BCUT2D eigenvalue weighted by Crippen LogP contribution is 2.45. The monoisotopic (exact) mass is 273 g/mol. The molecule has 0 bridgehead atoms. The molecule has 1 rings (SSSR count). The fourth-order valence-corrected chi connectivity index (χ4v) is 1.43. The van der Waals surface area contributed by atoms with Crippen LogP contribution in [0.25, 0.3) is 0 Å². The number of hydrogen-bond donors (Lipinski definition) is 0. The van der Waals surface area contributed by atoms with Gasteiger partial charge in [-0.2, -0.15) is 26.3 Å². The maximum absolute atomic E-state index is 12.5. The molecule has 1 aromatic carbocycles. The van der Waals surface area contributed by atoms with Gasteiger partial charge < -0.3 is 0 Å². The van der Waals surface area contributed by atoms with Crippen molar-refractivity contribution in [1.82, 2.24) is 0 Å². The first-order valence-electron chi connectivity index (χ1n) is 4.38. The van der Waals surface area contributed by atoms with Gasteiger partial charge >= 0.3 is 12.4 Å². The summed E-state index contributed by atoms with van der Waals surface area (Å²) >= 11 is 0. The molecular formula is C9H5F6NO2. The zero-order valence-corrected chi connectivity index (χ0v) is 8.69. The van der Waals surface area contributed by atoms with E-state index in [1.165, 1.54) is 0 Å². The van der Waals surface area contributed by atoms with Crippen molar-refractivity contribution >= 4 is 5.69 Å². The number of halogens is 6. The lowest BCUT2D eigenvalue weighted by molar-refractivity contribution is -0.388. The predicted octanol–water partition coefficient (Wildman–Crippen LogP) is 3.94. The Hall–Kier alpha value is -1.80. The molecule has 0 aliphatic heterocycles. The quantitative estimate of drug-likeness (QED) is 0.442. The minimum atomic E-state index is -5.46. The highest BCUT2D eigenvalue weighted by Gasteiger charge is 2.48. The zero-order chi connectivity index (χ0) is 14.3. The number of nitrogens with zero attached hydrogens (tertiary/aromatic N) is 1. The number of benzene rings is 1. The van der Waals surface area contributed by atoms with Crippen LogP contribution in [0.2, 0.25) is 0 Å². The Labute approximate surface area is 96.2 Å². The van der Waals surface area contributed by atoms with Gasteiger partial charge in [0.2, 0.25) is 0 Å². The first kappa shape index (κ1) is 14.3. The van der Waals surface area contributed by atoms with Crippen LogP contribution in [0.4, 0.5) is 32.0 Å². The van der Waals surface area contributed by atoms with Crippen molar-refractivity contribution < 1.29 is 31.3 Å². The average Bonchev–Trinajstić information content (AvgIpc) is 2.12. The van der Waals surface area contributed by atoms with E-state index in [-0.39, 0.29) is 11.6 Å². The van der Waals surface area contributed by atoms with Crippen molar-refractivity contribution in [3.63, 3.8) is 0 Å². The third kappa shape index (κ3) is 2.71. The molecule has 18 heavy (non-hydrogen) atoms. The summed E-state index contributed by atoms with van der Waals surface area (Å²) in [7, 11) is 0. The summed E-state index contributed by atoms with van der Waals surface area (Å²) in [5.41, 5.74) is -6.20. The topological polar surface area (TPSA) is 43.1 Å². The Morgan fingerprint density at radius 1 is 1.06 bits per heavy atom. The van der Waals surface area contributed by atoms with Crippen molar-refractivity contribution in [3.8, 4) is 0 Å². The van der Waals surface area contributed by atoms with E-state index in [1.54, 1.807) is 0 Å². The van der Waals surface area contributed by atoms with E-state index in [0.717, 1.165) is 6.92 Å². The fourth-order valence-electron chi connectivity index (χ4n) is 1.43. The molecule has 9 heteroatoms. The van der Waals surface area contributed by atoms with Gasteiger partial charge in [0.05, 0.1) is 10.5 Å². The van der Waals surface area contributed by atoms with Gasteiger partial charge in [-0.25, -0.2) is 0 Å². The molecule has 0 fully saturated rings. The molecule has 0 heterocycles. The lowest BCUT2D eigenvalue weighted by Crippen LogP contribution is -2.19. The van der Waals surface area contributed by atoms with Crippen LogP contribution in [0.5, 0.6) is 0 Å². The van der Waals surface area contributed by atoms with Gasteiger partial charge in [0.1, 0.15) is 5.56 Å². The van der Waals surface area contributed by atoms with Crippen molar-refractivity contribution in [2.75, 3.05) is 0 Å². The van der Waals surface area contributed by atoms with Crippen LogP contribution in [-0.2, 0) is 12.4 Å². The molecular weight excluding hydrogens is 268 g/mol. The zero-order valence-electron chi connectivity index (χ0n) is 8.69. The molecule has 0 saturated heterocycles. The summed E-state index contributed by atoms with van der Waals surface area (Å²) in [4.78, 5) is 8.96. The Morgan fingerprint density at radius 2 is 1.56 bits per heavy atom. The average molecular weight is 273 g/mol. The Kier molecular flexibility index (Phi) is 3.28. The summed E-state index contributed by atoms with van der Waals surface area (Å²) in [6, 6.07) is 0.688. The van der Waals surface area contributed by atoms with Crippen LogP contribution in [0.1, 0.15) is 16.7 Å². The van der Waals surface area contributed by atoms with Crippen molar-refractivity contribution in [2.45, 2.75) is 19.3 Å². The Bertz CT molecular complexity index is 491. The molecule has 0 radical (unpaired) electrons. The number of nitro benzene ring substituents is 1. The first-order valence-corrected chi connectivity index (χ1v) is 4.38. The molecule has 3 nitrogen and oxygen atoms in total. The summed E-state index contributed by atoms with van der Waals surface area (Å²) in [5, 5.41) is 10.4. The molecule has 0 unspecified atom stereocenters. The lowest BCUT2D eigenvalue weighted by atomic mass is 10.0. The van der Waals surface area contributed by atoms with E-state index < -0.39 is 34.1 Å². The molecule has 0 aliphatic rings. The van der Waals surface area contributed by atoms with E-state index in [0.29, 0.717) is 6.07 Å². The molecule has 1 aromatic rings. The largest absolute Gasteiger partial charge is 0.423 e. The van der Waals surface area contributed by atoms with Crippen molar-refractivity contribution in [1.29, 1.82) is 0 Å². The second-order valence-corrected chi connectivity index (χ2v) is 3.46. The molecule has 0 N–H and O–H groups in total. The highest BCUT2D eigenvalue weighted by atomic mass is 19.4. The molecule has 0 aromatic heterocycles. The van der Waals surface area contributed by atoms with E-state index in [1.807, 2.05) is 0 Å². The van der Waals surface area contributed by atoms with E-state index in [9.17, 15) is 36.5 Å². The van der Waals surface area contributed by atoms with Gasteiger partial charge in [-0.15, -0.1) is 0 Å². The SMILES string of the molecule is Cc1cc([N+](=O)[O-])c(C(F)(F)F)c(C(F)(F)F)c1. The summed E-state index contributed by atoms with van der Waals surface area (Å²) in [5.74, 6) is 0. The Morgan fingerprint density at radius 3 is 1.89 bits per heavy atom. The standard InChI is InChI=1S/C9H5F6NO2/c1-4-2-5(8(10,11)12)7(9(13,14)15)6(3-4)16(17)18/h2-3H,1H3. The minimum absolute atomic E-state index is 0.232. The second kappa shape index (κ2) is 4.14. The highest BCUT2D eigenvalue weighted by molar-refractivity contribution is 5.51. The normalized spacial score (nSPS) is 12.6. The first-order chi connectivity index (χ1) is 7.94. The molecule has 0 atom stereocenters. The van der Waals surface area contributed by atoms with E-state index in [4.69, 9.17) is 0 Å². The molecule has 100 valence electrons. The van der Waals surface area contributed by atoms with Crippen LogP contribution in [-0.4, -0.2) is 4.92 Å². The Balaban J connectivity index is 3.76. The van der Waals surface area contributed by atoms with Crippen LogP contribution < -0.4 is 0 Å². The molecule has 0 aliphatic carbocycles. The second-order valence-electron chi connectivity index (χ2n) is 3.46. The fraction of sp³-hybridized carbons (Fsp3) is 0.333. The summed E-state index contributed by atoms with van der Waals surface area (Å²) in [6.45, 7) is 1.04. The minimum Gasteiger partial charge on any atom is -0.258 e. The third-order valence-corrected chi connectivity index (χ3v) is 2.05. The van der Waals surface area contributed by atoms with Gasteiger partial charge in [0, 0.05) is 6.07 Å². The van der Waals surface area contributed by atoms with E-state index in [2.05, 4.69) is 0 Å². The maximum atomic E-state index is 12.5. The van der Waals surface area contributed by atoms with Gasteiger partial charge in [-0.3, -0.25) is 10.1 Å². The molecule has 0 amide bonds. The summed E-state index contributed by atoms with van der Waals surface area (Å²) in [6.07, 6.45) is -10.8. The lowest BCUT2D eigenvalue weighted by Gasteiger charge is -2.16. The molecule has 0 spiro atoms. The van der Waals surface area contributed by atoms with Gasteiger partial charge in [-0.05, 0) is 18.6 Å². The van der Waals surface area contributed by atoms with Gasteiger partial charge in [0.25, 0.3) is 5.69 Å². The van der Waals surface area contributed by atoms with Crippen LogP contribution >= 0.6 is 0 Å². The predicted molar refractivity (Wildman–Crippen MR) is 47.8 cm³/mol. The van der Waals surface area contributed by atoms with Crippen LogP contribution in [0, 0.1) is 17.0 Å². The van der Waals surface area contributed by atoms with Crippen molar-refractivity contribution in [3.05, 3.63) is 38.9 Å². The molecule has 0 saturated carbocycles. The number of hydrogen-bond acceptors (Lipinski definition) is 2. The van der Waals surface area contributed by atoms with Crippen LogP contribution in [0.15, 0.2) is 12.1 Å². The third-order valence-electron chi connectivity index (χ3n) is 2.05. The van der Waals surface area contributed by atoms with Gasteiger partial charge in [0.15, 0.2) is 0 Å². The van der Waals surface area contributed by atoms with Crippen molar-refractivity contribution in [2.24, 2.45) is 0 Å².